The van der Waals surface area contributed by atoms with Crippen molar-refractivity contribution >= 4 is 17.3 Å². The summed E-state index contributed by atoms with van der Waals surface area (Å²) in [5, 5.41) is 2.01. The Bertz CT molecular complexity index is 536. The Morgan fingerprint density at radius 1 is 1.32 bits per heavy atom. The van der Waals surface area contributed by atoms with Crippen molar-refractivity contribution in [3.05, 3.63) is 57.8 Å². The van der Waals surface area contributed by atoms with Crippen LogP contribution < -0.4 is 5.73 Å². The van der Waals surface area contributed by atoms with Gasteiger partial charge in [0, 0.05) is 11.3 Å². The van der Waals surface area contributed by atoms with Gasteiger partial charge in [-0.15, -0.1) is 11.3 Å². The summed E-state index contributed by atoms with van der Waals surface area (Å²) in [4.78, 5) is 13.0. The van der Waals surface area contributed by atoms with Gasteiger partial charge in [0.15, 0.2) is 0 Å². The summed E-state index contributed by atoms with van der Waals surface area (Å²) >= 11 is 1.62. The average molecular weight is 275 g/mol. The van der Waals surface area contributed by atoms with Gasteiger partial charge in [0.25, 0.3) is 0 Å². The van der Waals surface area contributed by atoms with E-state index in [9.17, 15) is 4.79 Å². The topological polar surface area (TPSA) is 52.3 Å². The first kappa shape index (κ1) is 13.8. The van der Waals surface area contributed by atoms with Crippen molar-refractivity contribution in [3.8, 4) is 0 Å². The Labute approximate surface area is 117 Å². The molecule has 2 N–H and O–H groups in total. The van der Waals surface area contributed by atoms with Crippen LogP contribution >= 0.6 is 11.3 Å². The van der Waals surface area contributed by atoms with E-state index in [4.69, 9.17) is 10.5 Å². The molecule has 1 aromatic carbocycles. The molecule has 0 saturated carbocycles. The van der Waals surface area contributed by atoms with Crippen LogP contribution in [0.4, 0.5) is 0 Å². The molecule has 3 nitrogen and oxygen atoms in total. The Hall–Kier alpha value is -1.65. The number of hydrogen-bond donors (Lipinski definition) is 1. The fourth-order valence-electron chi connectivity index (χ4n) is 1.73. The molecule has 0 aliphatic rings. The summed E-state index contributed by atoms with van der Waals surface area (Å²) in [7, 11) is 0. The van der Waals surface area contributed by atoms with E-state index >= 15 is 0 Å². The van der Waals surface area contributed by atoms with Gasteiger partial charge in [-0.3, -0.25) is 4.79 Å². The molecule has 0 saturated heterocycles. The molecular formula is C15H17NO2S. The molecular weight excluding hydrogens is 258 g/mol. The van der Waals surface area contributed by atoms with Gasteiger partial charge in [-0.05, 0) is 29.5 Å². The van der Waals surface area contributed by atoms with Crippen LogP contribution in [0.5, 0.6) is 0 Å². The van der Waals surface area contributed by atoms with E-state index in [1.807, 2.05) is 48.7 Å². The zero-order chi connectivity index (χ0) is 13.7. The molecule has 0 radical (unpaired) electrons. The highest BCUT2D eigenvalue weighted by atomic mass is 32.1. The maximum absolute atomic E-state index is 11.8. The first-order valence-electron chi connectivity index (χ1n) is 6.16. The van der Waals surface area contributed by atoms with Crippen LogP contribution in [0.1, 0.15) is 16.0 Å². The molecule has 0 aliphatic carbocycles. The molecule has 0 unspecified atom stereocenters. The third-order valence-corrected chi connectivity index (χ3v) is 3.95. The van der Waals surface area contributed by atoms with Crippen molar-refractivity contribution in [3.63, 3.8) is 0 Å². The second kappa shape index (κ2) is 6.50. The number of carbonyl (C=O) groups excluding carboxylic acids is 1. The molecule has 4 heteroatoms. The standard InChI is InChI=1S/C15H17NO2S/c1-11-7-8-19-14(11)9-13(16)15(17)18-10-12-5-3-2-4-6-12/h2-8,13H,9-10,16H2,1H3/t13-/m0/s1. The number of ether oxygens (including phenoxy) is 1. The number of nitrogens with two attached hydrogens (primary N) is 1. The Morgan fingerprint density at radius 3 is 2.68 bits per heavy atom. The largest absolute Gasteiger partial charge is 0.460 e. The van der Waals surface area contributed by atoms with Crippen molar-refractivity contribution in [2.45, 2.75) is 26.0 Å². The SMILES string of the molecule is Cc1ccsc1C[C@H](N)C(=O)OCc1ccccc1. The van der Waals surface area contributed by atoms with Gasteiger partial charge < -0.3 is 10.5 Å². The van der Waals surface area contributed by atoms with Crippen molar-refractivity contribution in [1.82, 2.24) is 0 Å². The Kier molecular flexibility index (Phi) is 4.71. The van der Waals surface area contributed by atoms with E-state index in [1.54, 1.807) is 11.3 Å². The normalized spacial score (nSPS) is 12.1. The van der Waals surface area contributed by atoms with Gasteiger partial charge in [0.2, 0.25) is 0 Å². The number of benzene rings is 1. The highest BCUT2D eigenvalue weighted by Gasteiger charge is 2.17. The smallest absolute Gasteiger partial charge is 0.323 e. The van der Waals surface area contributed by atoms with Crippen LogP contribution in [-0.2, 0) is 22.6 Å². The molecule has 0 aliphatic heterocycles. The molecule has 2 rings (SSSR count). The second-order valence-corrected chi connectivity index (χ2v) is 5.43. The number of rotatable bonds is 5. The minimum atomic E-state index is -0.596. The lowest BCUT2D eigenvalue weighted by Crippen LogP contribution is -2.34. The predicted octanol–water partition coefficient (Wildman–Crippen LogP) is 2.67. The fraction of sp³-hybridized carbons (Fsp3) is 0.267. The van der Waals surface area contributed by atoms with Gasteiger partial charge in [-0.2, -0.15) is 0 Å². The summed E-state index contributed by atoms with van der Waals surface area (Å²) in [6.07, 6.45) is 0.539. The molecule has 1 atom stereocenters. The summed E-state index contributed by atoms with van der Waals surface area (Å²) in [5.41, 5.74) is 8.02. The van der Waals surface area contributed by atoms with Gasteiger partial charge in [0.1, 0.15) is 12.6 Å². The Morgan fingerprint density at radius 2 is 2.05 bits per heavy atom. The van der Waals surface area contributed by atoms with Crippen LogP contribution in [0.15, 0.2) is 41.8 Å². The van der Waals surface area contributed by atoms with Crippen LogP contribution in [0.3, 0.4) is 0 Å². The average Bonchev–Trinajstić information content (AvgIpc) is 2.82. The lowest BCUT2D eigenvalue weighted by atomic mass is 10.1. The summed E-state index contributed by atoms with van der Waals surface area (Å²) in [5.74, 6) is -0.350. The summed E-state index contributed by atoms with van der Waals surface area (Å²) in [6.45, 7) is 2.30. The highest BCUT2D eigenvalue weighted by Crippen LogP contribution is 2.17. The van der Waals surface area contributed by atoms with Crippen LogP contribution in [-0.4, -0.2) is 12.0 Å². The van der Waals surface area contributed by atoms with E-state index in [-0.39, 0.29) is 12.6 Å². The monoisotopic (exact) mass is 275 g/mol. The van der Waals surface area contributed by atoms with Crippen LogP contribution in [0.2, 0.25) is 0 Å². The van der Waals surface area contributed by atoms with E-state index in [0.717, 1.165) is 10.4 Å². The van der Waals surface area contributed by atoms with Gasteiger partial charge in [-0.25, -0.2) is 0 Å². The second-order valence-electron chi connectivity index (χ2n) is 4.43. The third-order valence-electron chi connectivity index (χ3n) is 2.90. The molecule has 0 fully saturated rings. The summed E-state index contributed by atoms with van der Waals surface area (Å²) in [6, 6.07) is 11.0. The molecule has 100 valence electrons. The maximum Gasteiger partial charge on any atom is 0.323 e. The number of carbonyl (C=O) groups is 1. The van der Waals surface area contributed by atoms with Crippen molar-refractivity contribution in [2.24, 2.45) is 5.73 Å². The number of esters is 1. The third kappa shape index (κ3) is 3.91. The van der Waals surface area contributed by atoms with Gasteiger partial charge >= 0.3 is 5.97 Å². The molecule has 2 aromatic rings. The minimum absolute atomic E-state index is 0.275. The molecule has 0 amide bonds. The van der Waals surface area contributed by atoms with Gasteiger partial charge in [0.05, 0.1) is 0 Å². The molecule has 0 bridgehead atoms. The molecule has 1 heterocycles. The van der Waals surface area contributed by atoms with E-state index in [2.05, 4.69) is 0 Å². The molecule has 0 spiro atoms. The van der Waals surface area contributed by atoms with E-state index in [0.29, 0.717) is 6.42 Å². The van der Waals surface area contributed by atoms with Crippen molar-refractivity contribution < 1.29 is 9.53 Å². The molecule has 19 heavy (non-hydrogen) atoms. The quantitative estimate of drug-likeness (QED) is 0.854. The van der Waals surface area contributed by atoms with E-state index < -0.39 is 6.04 Å². The lowest BCUT2D eigenvalue weighted by molar-refractivity contribution is -0.146. The number of thiophene rings is 1. The predicted molar refractivity (Wildman–Crippen MR) is 77.0 cm³/mol. The number of hydrogen-bond acceptors (Lipinski definition) is 4. The number of aryl methyl sites for hydroxylation is 1. The first-order chi connectivity index (χ1) is 9.16. The Balaban J connectivity index is 1.84. The van der Waals surface area contributed by atoms with Gasteiger partial charge in [-0.1, -0.05) is 30.3 Å². The van der Waals surface area contributed by atoms with Crippen molar-refractivity contribution in [2.75, 3.05) is 0 Å². The first-order valence-corrected chi connectivity index (χ1v) is 7.04. The summed E-state index contributed by atoms with van der Waals surface area (Å²) < 4.78 is 5.22. The highest BCUT2D eigenvalue weighted by molar-refractivity contribution is 7.10. The van der Waals surface area contributed by atoms with Crippen molar-refractivity contribution in [1.29, 1.82) is 0 Å². The van der Waals surface area contributed by atoms with Crippen LogP contribution in [0, 0.1) is 6.92 Å². The minimum Gasteiger partial charge on any atom is -0.460 e. The lowest BCUT2D eigenvalue weighted by Gasteiger charge is -2.11. The molecule has 1 aromatic heterocycles. The zero-order valence-corrected chi connectivity index (χ0v) is 11.7. The fourth-order valence-corrected chi connectivity index (χ4v) is 2.70. The maximum atomic E-state index is 11.8. The zero-order valence-electron chi connectivity index (χ0n) is 10.8. The van der Waals surface area contributed by atoms with Crippen LogP contribution in [0.25, 0.3) is 0 Å². The van der Waals surface area contributed by atoms with E-state index in [1.165, 1.54) is 5.56 Å².